The van der Waals surface area contributed by atoms with E-state index in [0.717, 1.165) is 27.4 Å². The number of nitrogens with zero attached hydrogens (tertiary/aromatic N) is 2. The summed E-state index contributed by atoms with van der Waals surface area (Å²) in [6, 6.07) is 7.48. The number of aryl methyl sites for hydroxylation is 1. The molecule has 4 nitrogen and oxygen atoms in total. The van der Waals surface area contributed by atoms with Gasteiger partial charge in [-0.25, -0.2) is 9.97 Å². The Morgan fingerprint density at radius 3 is 2.17 bits per heavy atom. The first-order valence-corrected chi connectivity index (χ1v) is 6.17. The molecule has 0 bridgehead atoms. The molecule has 1 aromatic heterocycles. The van der Waals surface area contributed by atoms with Crippen molar-refractivity contribution in [3.63, 3.8) is 0 Å². The highest BCUT2D eigenvalue weighted by Gasteiger charge is 2.14. The Morgan fingerprint density at radius 1 is 1.06 bits per heavy atom. The van der Waals surface area contributed by atoms with Gasteiger partial charge in [0.05, 0.1) is 25.5 Å². The molecule has 94 valence electrons. The van der Waals surface area contributed by atoms with Gasteiger partial charge in [0, 0.05) is 0 Å². The van der Waals surface area contributed by atoms with E-state index in [4.69, 9.17) is 9.47 Å². The average molecular weight is 309 g/mol. The average Bonchev–Trinajstić information content (AvgIpc) is 2.36. The minimum Gasteiger partial charge on any atom is -0.496 e. The zero-order valence-electron chi connectivity index (χ0n) is 10.4. The fraction of sp³-hybridized carbons (Fsp3) is 0.231. The number of aromatic nitrogens is 2. The molecule has 5 heteroatoms. The monoisotopic (exact) mass is 308 g/mol. The number of halogens is 1. The van der Waals surface area contributed by atoms with Gasteiger partial charge in [0.2, 0.25) is 0 Å². The van der Waals surface area contributed by atoms with Gasteiger partial charge in [-0.1, -0.05) is 6.07 Å². The van der Waals surface area contributed by atoms with Crippen molar-refractivity contribution in [2.75, 3.05) is 14.2 Å². The molecule has 0 amide bonds. The van der Waals surface area contributed by atoms with Gasteiger partial charge in [0.1, 0.15) is 21.9 Å². The van der Waals surface area contributed by atoms with Gasteiger partial charge in [-0.15, -0.1) is 0 Å². The van der Waals surface area contributed by atoms with E-state index in [1.807, 2.05) is 31.2 Å². The second-order valence-electron chi connectivity index (χ2n) is 3.66. The molecule has 0 unspecified atom stereocenters. The lowest BCUT2D eigenvalue weighted by Crippen LogP contribution is -1.97. The third kappa shape index (κ3) is 2.46. The quantitative estimate of drug-likeness (QED) is 0.817. The molecule has 2 rings (SSSR count). The van der Waals surface area contributed by atoms with Crippen LogP contribution >= 0.6 is 15.9 Å². The zero-order chi connectivity index (χ0) is 13.1. The van der Waals surface area contributed by atoms with Gasteiger partial charge in [-0.3, -0.25) is 0 Å². The smallest absolute Gasteiger partial charge is 0.132 e. The Balaban J connectivity index is 2.68. The van der Waals surface area contributed by atoms with Crippen molar-refractivity contribution in [3.05, 3.63) is 34.7 Å². The summed E-state index contributed by atoms with van der Waals surface area (Å²) in [5.41, 5.74) is 1.59. The second kappa shape index (κ2) is 5.35. The molecule has 0 aliphatic carbocycles. The molecule has 0 saturated carbocycles. The molecule has 0 atom stereocenters. The van der Waals surface area contributed by atoms with Crippen LogP contribution in [0.2, 0.25) is 0 Å². The van der Waals surface area contributed by atoms with E-state index in [2.05, 4.69) is 25.9 Å². The molecule has 0 aliphatic heterocycles. The van der Waals surface area contributed by atoms with Gasteiger partial charge < -0.3 is 9.47 Å². The van der Waals surface area contributed by atoms with E-state index >= 15 is 0 Å². The van der Waals surface area contributed by atoms with Crippen LogP contribution in [0.3, 0.4) is 0 Å². The van der Waals surface area contributed by atoms with Crippen LogP contribution in [0.4, 0.5) is 0 Å². The SMILES string of the molecule is COc1cccc(OC)c1-c1cc(Br)nc(C)n1. The fourth-order valence-electron chi connectivity index (χ4n) is 1.76. The number of hydrogen-bond acceptors (Lipinski definition) is 4. The highest BCUT2D eigenvalue weighted by Crippen LogP contribution is 2.37. The van der Waals surface area contributed by atoms with Crippen molar-refractivity contribution < 1.29 is 9.47 Å². The molecule has 1 heterocycles. The Kier molecular flexibility index (Phi) is 3.81. The van der Waals surface area contributed by atoms with E-state index in [1.54, 1.807) is 14.2 Å². The maximum absolute atomic E-state index is 5.37. The number of ether oxygens (including phenoxy) is 2. The van der Waals surface area contributed by atoms with Crippen molar-refractivity contribution in [2.45, 2.75) is 6.92 Å². The molecule has 2 aromatic rings. The van der Waals surface area contributed by atoms with Crippen molar-refractivity contribution in [1.29, 1.82) is 0 Å². The van der Waals surface area contributed by atoms with Crippen molar-refractivity contribution in [3.8, 4) is 22.8 Å². The molecule has 0 spiro atoms. The van der Waals surface area contributed by atoms with E-state index in [9.17, 15) is 0 Å². The van der Waals surface area contributed by atoms with Gasteiger partial charge >= 0.3 is 0 Å². The summed E-state index contributed by atoms with van der Waals surface area (Å²) in [6.07, 6.45) is 0. The van der Waals surface area contributed by atoms with E-state index < -0.39 is 0 Å². The Bertz CT molecular complexity index is 530. The maximum atomic E-state index is 5.37. The van der Waals surface area contributed by atoms with Crippen LogP contribution in [0.1, 0.15) is 5.82 Å². The molecule has 1 aromatic carbocycles. The standard InChI is InChI=1S/C13H13BrN2O2/c1-8-15-9(7-12(14)16-8)13-10(17-2)5-4-6-11(13)18-3/h4-7H,1-3H3. The summed E-state index contributed by atoms with van der Waals surface area (Å²) in [6.45, 7) is 1.84. The topological polar surface area (TPSA) is 44.2 Å². The van der Waals surface area contributed by atoms with Gasteiger partial charge in [0.25, 0.3) is 0 Å². The fourth-order valence-corrected chi connectivity index (χ4v) is 2.24. The first-order chi connectivity index (χ1) is 8.65. The minimum atomic E-state index is 0.687. The highest BCUT2D eigenvalue weighted by atomic mass is 79.9. The summed E-state index contributed by atoms with van der Waals surface area (Å²) < 4.78 is 11.5. The minimum absolute atomic E-state index is 0.687. The van der Waals surface area contributed by atoms with E-state index in [1.165, 1.54) is 0 Å². The third-order valence-corrected chi connectivity index (χ3v) is 2.90. The Morgan fingerprint density at radius 2 is 1.67 bits per heavy atom. The van der Waals surface area contributed by atoms with Crippen LogP contribution < -0.4 is 9.47 Å². The highest BCUT2D eigenvalue weighted by molar-refractivity contribution is 9.10. The van der Waals surface area contributed by atoms with Crippen LogP contribution in [0, 0.1) is 6.92 Å². The first kappa shape index (κ1) is 12.8. The lowest BCUT2D eigenvalue weighted by Gasteiger charge is -2.12. The normalized spacial score (nSPS) is 10.2. The van der Waals surface area contributed by atoms with Crippen LogP contribution in [-0.4, -0.2) is 24.2 Å². The van der Waals surface area contributed by atoms with Crippen LogP contribution in [0.5, 0.6) is 11.5 Å². The maximum Gasteiger partial charge on any atom is 0.132 e. The van der Waals surface area contributed by atoms with Crippen molar-refractivity contribution in [2.24, 2.45) is 0 Å². The molecular weight excluding hydrogens is 296 g/mol. The van der Waals surface area contributed by atoms with Crippen molar-refractivity contribution in [1.82, 2.24) is 9.97 Å². The molecular formula is C13H13BrN2O2. The summed E-state index contributed by atoms with van der Waals surface area (Å²) >= 11 is 3.37. The number of benzene rings is 1. The predicted molar refractivity (Wildman–Crippen MR) is 73.0 cm³/mol. The molecule has 0 saturated heterocycles. The largest absolute Gasteiger partial charge is 0.496 e. The van der Waals surface area contributed by atoms with Gasteiger partial charge in [-0.2, -0.15) is 0 Å². The Labute approximate surface area is 114 Å². The molecule has 0 aliphatic rings. The lowest BCUT2D eigenvalue weighted by molar-refractivity contribution is 0.397. The third-order valence-electron chi connectivity index (χ3n) is 2.49. The van der Waals surface area contributed by atoms with E-state index in [-0.39, 0.29) is 0 Å². The zero-order valence-corrected chi connectivity index (χ0v) is 12.0. The summed E-state index contributed by atoms with van der Waals surface area (Å²) in [5, 5.41) is 0. The molecule has 0 N–H and O–H groups in total. The lowest BCUT2D eigenvalue weighted by atomic mass is 10.1. The van der Waals surface area contributed by atoms with Crippen molar-refractivity contribution >= 4 is 15.9 Å². The molecule has 0 radical (unpaired) electrons. The molecule has 0 fully saturated rings. The van der Waals surface area contributed by atoms with Gasteiger partial charge in [0.15, 0.2) is 0 Å². The number of rotatable bonds is 3. The molecule has 18 heavy (non-hydrogen) atoms. The number of methoxy groups -OCH3 is 2. The number of hydrogen-bond donors (Lipinski definition) is 0. The summed E-state index contributed by atoms with van der Waals surface area (Å²) in [7, 11) is 3.25. The Hall–Kier alpha value is -1.62. The van der Waals surface area contributed by atoms with Crippen LogP contribution in [-0.2, 0) is 0 Å². The van der Waals surface area contributed by atoms with E-state index in [0.29, 0.717) is 5.82 Å². The summed E-state index contributed by atoms with van der Waals surface area (Å²) in [4.78, 5) is 8.62. The van der Waals surface area contributed by atoms with Gasteiger partial charge in [-0.05, 0) is 41.1 Å². The van der Waals surface area contributed by atoms with Crippen LogP contribution in [0.25, 0.3) is 11.3 Å². The second-order valence-corrected chi connectivity index (χ2v) is 4.47. The van der Waals surface area contributed by atoms with Crippen LogP contribution in [0.15, 0.2) is 28.9 Å². The first-order valence-electron chi connectivity index (χ1n) is 5.38. The summed E-state index contributed by atoms with van der Waals surface area (Å²) in [5.74, 6) is 2.13. The predicted octanol–water partition coefficient (Wildman–Crippen LogP) is 3.23.